The summed E-state index contributed by atoms with van der Waals surface area (Å²) in [6.07, 6.45) is 0. The molecule has 4 nitrogen and oxygen atoms in total. The number of carbonyl (C=O) groups excluding carboxylic acids is 1. The molecule has 1 atom stereocenters. The van der Waals surface area contributed by atoms with Crippen molar-refractivity contribution in [1.29, 1.82) is 0 Å². The zero-order valence-corrected chi connectivity index (χ0v) is 12.0. The first-order valence-corrected chi connectivity index (χ1v) is 5.76. The number of hydrogen-bond donors (Lipinski definition) is 2. The first kappa shape index (κ1) is 17.0. The Morgan fingerprint density at radius 1 is 1.56 bits per heavy atom. The molecule has 0 aliphatic carbocycles. The Kier molecular flexibility index (Phi) is 7.75. The lowest BCUT2D eigenvalue weighted by Gasteiger charge is -2.10. The third-order valence-corrected chi connectivity index (χ3v) is 2.78. The summed E-state index contributed by atoms with van der Waals surface area (Å²) in [5.41, 5.74) is 6.33. The van der Waals surface area contributed by atoms with Gasteiger partial charge in [0, 0.05) is 19.0 Å². The van der Waals surface area contributed by atoms with Gasteiger partial charge in [0.2, 0.25) is 5.91 Å². The van der Waals surface area contributed by atoms with Crippen molar-refractivity contribution in [1.82, 2.24) is 5.32 Å². The number of hydrogen-bond acceptors (Lipinski definition) is 3. The molecule has 1 unspecified atom stereocenters. The van der Waals surface area contributed by atoms with Crippen LogP contribution < -0.4 is 15.8 Å². The van der Waals surface area contributed by atoms with Gasteiger partial charge in [-0.3, -0.25) is 4.79 Å². The highest BCUT2D eigenvalue weighted by molar-refractivity contribution is 6.32. The summed E-state index contributed by atoms with van der Waals surface area (Å²) in [6, 6.07) is 5.40. The molecule has 0 spiro atoms. The number of nitrogens with two attached hydrogens (primary N) is 1. The van der Waals surface area contributed by atoms with Crippen LogP contribution in [0.5, 0.6) is 5.75 Å². The van der Waals surface area contributed by atoms with Gasteiger partial charge in [-0.2, -0.15) is 0 Å². The lowest BCUT2D eigenvalue weighted by Crippen LogP contribution is -2.32. The molecule has 102 valence electrons. The summed E-state index contributed by atoms with van der Waals surface area (Å²) in [5, 5.41) is 3.33. The van der Waals surface area contributed by atoms with Gasteiger partial charge in [-0.15, -0.1) is 12.4 Å². The van der Waals surface area contributed by atoms with E-state index >= 15 is 0 Å². The van der Waals surface area contributed by atoms with Gasteiger partial charge < -0.3 is 15.8 Å². The van der Waals surface area contributed by atoms with E-state index in [1.165, 1.54) is 0 Å². The second-order valence-corrected chi connectivity index (χ2v) is 4.23. The molecule has 1 amide bonds. The molecule has 1 aromatic carbocycles. The van der Waals surface area contributed by atoms with Crippen molar-refractivity contribution in [2.45, 2.75) is 13.5 Å². The Labute approximate surface area is 118 Å². The van der Waals surface area contributed by atoms with Crippen molar-refractivity contribution < 1.29 is 9.53 Å². The van der Waals surface area contributed by atoms with E-state index in [0.717, 1.165) is 5.56 Å². The molecular weight excluding hydrogens is 275 g/mol. The van der Waals surface area contributed by atoms with Crippen LogP contribution in [0.2, 0.25) is 5.02 Å². The molecule has 1 rings (SSSR count). The Balaban J connectivity index is 0.00000289. The predicted molar refractivity (Wildman–Crippen MR) is 75.3 cm³/mol. The van der Waals surface area contributed by atoms with Crippen molar-refractivity contribution in [3.63, 3.8) is 0 Å². The van der Waals surface area contributed by atoms with Crippen molar-refractivity contribution in [3.05, 3.63) is 28.8 Å². The molecule has 0 radical (unpaired) electrons. The van der Waals surface area contributed by atoms with Crippen molar-refractivity contribution in [2.24, 2.45) is 11.7 Å². The quantitative estimate of drug-likeness (QED) is 0.872. The minimum absolute atomic E-state index is 0. The van der Waals surface area contributed by atoms with Crippen LogP contribution in [0.15, 0.2) is 18.2 Å². The van der Waals surface area contributed by atoms with Crippen LogP contribution in [0, 0.1) is 5.92 Å². The molecule has 0 aliphatic rings. The average Bonchev–Trinajstić information content (AvgIpc) is 2.35. The SMILES string of the molecule is COc1ccc(CNC(=O)C(C)CN)cc1Cl.Cl. The van der Waals surface area contributed by atoms with Gasteiger partial charge in [-0.1, -0.05) is 24.6 Å². The zero-order valence-electron chi connectivity index (χ0n) is 10.4. The van der Waals surface area contributed by atoms with Gasteiger partial charge in [0.1, 0.15) is 5.75 Å². The van der Waals surface area contributed by atoms with Crippen LogP contribution in [0.3, 0.4) is 0 Å². The molecule has 0 saturated carbocycles. The van der Waals surface area contributed by atoms with Crippen LogP contribution in [-0.4, -0.2) is 19.6 Å². The highest BCUT2D eigenvalue weighted by Crippen LogP contribution is 2.24. The molecule has 0 aliphatic heterocycles. The number of ether oxygens (including phenoxy) is 1. The summed E-state index contributed by atoms with van der Waals surface area (Å²) in [4.78, 5) is 11.5. The van der Waals surface area contributed by atoms with E-state index < -0.39 is 0 Å². The second kappa shape index (κ2) is 8.19. The zero-order chi connectivity index (χ0) is 12.8. The monoisotopic (exact) mass is 292 g/mol. The van der Waals surface area contributed by atoms with Gasteiger partial charge in [0.05, 0.1) is 12.1 Å². The van der Waals surface area contributed by atoms with Crippen LogP contribution in [0.4, 0.5) is 0 Å². The van der Waals surface area contributed by atoms with Crippen LogP contribution in [-0.2, 0) is 11.3 Å². The van der Waals surface area contributed by atoms with E-state index in [0.29, 0.717) is 23.9 Å². The van der Waals surface area contributed by atoms with Gasteiger partial charge in [-0.05, 0) is 17.7 Å². The lowest BCUT2D eigenvalue weighted by atomic mass is 10.1. The summed E-state index contributed by atoms with van der Waals surface area (Å²) < 4.78 is 5.05. The number of nitrogens with one attached hydrogen (secondary N) is 1. The van der Waals surface area contributed by atoms with Crippen molar-refractivity contribution >= 4 is 29.9 Å². The average molecular weight is 293 g/mol. The summed E-state index contributed by atoms with van der Waals surface area (Å²) in [5.74, 6) is 0.389. The number of methoxy groups -OCH3 is 1. The highest BCUT2D eigenvalue weighted by atomic mass is 35.5. The van der Waals surface area contributed by atoms with Crippen LogP contribution >= 0.6 is 24.0 Å². The molecule has 0 saturated heterocycles. The third-order valence-electron chi connectivity index (χ3n) is 2.48. The van der Waals surface area contributed by atoms with Gasteiger partial charge in [0.25, 0.3) is 0 Å². The summed E-state index contributed by atoms with van der Waals surface area (Å²) >= 11 is 5.98. The first-order valence-electron chi connectivity index (χ1n) is 5.38. The molecule has 3 N–H and O–H groups in total. The molecule has 18 heavy (non-hydrogen) atoms. The standard InChI is InChI=1S/C12H17ClN2O2.ClH/c1-8(6-14)12(16)15-7-9-3-4-11(17-2)10(13)5-9;/h3-5,8H,6-7,14H2,1-2H3,(H,15,16);1H. The minimum atomic E-state index is -0.177. The maximum absolute atomic E-state index is 11.5. The fourth-order valence-electron chi connectivity index (χ4n) is 1.29. The van der Waals surface area contributed by atoms with Crippen molar-refractivity contribution in [2.75, 3.05) is 13.7 Å². The van der Waals surface area contributed by atoms with Crippen LogP contribution in [0.1, 0.15) is 12.5 Å². The molecule has 0 fully saturated rings. The van der Waals surface area contributed by atoms with Gasteiger partial charge in [-0.25, -0.2) is 0 Å². The minimum Gasteiger partial charge on any atom is -0.495 e. The molecule has 0 aromatic heterocycles. The molecule has 6 heteroatoms. The Bertz CT molecular complexity index is 400. The third kappa shape index (κ3) is 4.72. The van der Waals surface area contributed by atoms with E-state index in [1.54, 1.807) is 26.2 Å². The van der Waals surface area contributed by atoms with E-state index in [4.69, 9.17) is 22.1 Å². The summed E-state index contributed by atoms with van der Waals surface area (Å²) in [6.45, 7) is 2.57. The number of rotatable bonds is 5. The maximum atomic E-state index is 11.5. The Morgan fingerprint density at radius 2 is 2.22 bits per heavy atom. The van der Waals surface area contributed by atoms with Gasteiger partial charge in [0.15, 0.2) is 0 Å². The van der Waals surface area contributed by atoms with Crippen molar-refractivity contribution in [3.8, 4) is 5.75 Å². The van der Waals surface area contributed by atoms with Crippen LogP contribution in [0.25, 0.3) is 0 Å². The second-order valence-electron chi connectivity index (χ2n) is 3.82. The maximum Gasteiger partial charge on any atom is 0.224 e. The number of carbonyl (C=O) groups is 1. The van der Waals surface area contributed by atoms with Gasteiger partial charge >= 0.3 is 0 Å². The largest absolute Gasteiger partial charge is 0.495 e. The number of amides is 1. The molecule has 1 aromatic rings. The normalized spacial score (nSPS) is 11.3. The Morgan fingerprint density at radius 3 is 2.72 bits per heavy atom. The summed E-state index contributed by atoms with van der Waals surface area (Å²) in [7, 11) is 1.56. The predicted octanol–water partition coefficient (Wildman–Crippen LogP) is 1.98. The molecular formula is C12H18Cl2N2O2. The van der Waals surface area contributed by atoms with E-state index in [-0.39, 0.29) is 24.2 Å². The van der Waals surface area contributed by atoms with E-state index in [1.807, 2.05) is 6.07 Å². The topological polar surface area (TPSA) is 64.3 Å². The fraction of sp³-hybridized carbons (Fsp3) is 0.417. The smallest absolute Gasteiger partial charge is 0.224 e. The highest BCUT2D eigenvalue weighted by Gasteiger charge is 2.10. The molecule has 0 bridgehead atoms. The lowest BCUT2D eigenvalue weighted by molar-refractivity contribution is -0.124. The van der Waals surface area contributed by atoms with E-state index in [9.17, 15) is 4.79 Å². The Hall–Kier alpha value is -0.970. The fourth-order valence-corrected chi connectivity index (χ4v) is 1.57. The molecule has 0 heterocycles. The number of benzene rings is 1. The number of halogens is 2. The van der Waals surface area contributed by atoms with E-state index in [2.05, 4.69) is 5.32 Å². The first-order chi connectivity index (χ1) is 8.08.